The first-order chi connectivity index (χ1) is 14.7. The largest absolute Gasteiger partial charge is 0.373 e. The number of piperidine rings is 1. The molecule has 0 bridgehead atoms. The number of hydrogen-bond acceptors (Lipinski definition) is 6. The molecule has 7 nitrogen and oxygen atoms in total. The number of alkyl halides is 2. The van der Waals surface area contributed by atoms with Crippen LogP contribution in [0.25, 0.3) is 0 Å². The quantitative estimate of drug-likeness (QED) is 0.779. The Kier molecular flexibility index (Phi) is 5.12. The van der Waals surface area contributed by atoms with Gasteiger partial charge in [-0.25, -0.2) is 8.78 Å². The number of ether oxygens (including phenoxy) is 1. The second-order valence-corrected chi connectivity index (χ2v) is 10.3. The molecule has 31 heavy (non-hydrogen) atoms. The molecule has 1 spiro atoms. The molecule has 2 atom stereocenters. The van der Waals surface area contributed by atoms with Gasteiger partial charge >= 0.3 is 0 Å². The van der Waals surface area contributed by atoms with Gasteiger partial charge in [0.2, 0.25) is 17.7 Å². The van der Waals surface area contributed by atoms with E-state index >= 15 is 0 Å². The van der Waals surface area contributed by atoms with Crippen LogP contribution in [-0.2, 0) is 14.9 Å². The van der Waals surface area contributed by atoms with Gasteiger partial charge in [0.05, 0.1) is 23.7 Å². The van der Waals surface area contributed by atoms with Crippen molar-refractivity contribution in [3.05, 3.63) is 11.7 Å². The fourth-order valence-electron chi connectivity index (χ4n) is 5.50. The number of nitrogens with one attached hydrogen (secondary N) is 1. The van der Waals surface area contributed by atoms with E-state index in [0.29, 0.717) is 37.6 Å². The van der Waals surface area contributed by atoms with E-state index in [9.17, 15) is 13.6 Å². The SMILES string of the molecule is CC(C)C1(c2nc(C3CCC(F)(F)CC3)no2)CN(C(=O)[C@@H]2CC[C@@]3(CCO3)CN2)C1. The average molecular weight is 439 g/mol. The summed E-state index contributed by atoms with van der Waals surface area (Å²) < 4.78 is 38.3. The Morgan fingerprint density at radius 3 is 2.42 bits per heavy atom. The van der Waals surface area contributed by atoms with Crippen LogP contribution in [0.15, 0.2) is 4.52 Å². The van der Waals surface area contributed by atoms with Gasteiger partial charge in [-0.2, -0.15) is 4.98 Å². The maximum Gasteiger partial charge on any atom is 0.248 e. The summed E-state index contributed by atoms with van der Waals surface area (Å²) in [4.78, 5) is 19.6. The first kappa shape index (κ1) is 21.2. The van der Waals surface area contributed by atoms with Gasteiger partial charge in [0.1, 0.15) is 0 Å². The van der Waals surface area contributed by atoms with Crippen LogP contribution < -0.4 is 5.32 Å². The lowest BCUT2D eigenvalue weighted by Crippen LogP contribution is -2.68. The summed E-state index contributed by atoms with van der Waals surface area (Å²) in [6.45, 7) is 6.85. The zero-order valence-electron chi connectivity index (χ0n) is 18.3. The third-order valence-corrected chi connectivity index (χ3v) is 8.14. The third-order valence-electron chi connectivity index (χ3n) is 8.14. The van der Waals surface area contributed by atoms with Gasteiger partial charge in [-0.1, -0.05) is 19.0 Å². The van der Waals surface area contributed by atoms with Crippen LogP contribution in [0.5, 0.6) is 0 Å². The van der Waals surface area contributed by atoms with Crippen LogP contribution in [0, 0.1) is 5.92 Å². The molecular weight excluding hydrogens is 406 g/mol. The number of rotatable bonds is 4. The summed E-state index contributed by atoms with van der Waals surface area (Å²) in [7, 11) is 0. The third kappa shape index (κ3) is 3.67. The summed E-state index contributed by atoms with van der Waals surface area (Å²) in [6.07, 6.45) is 3.29. The predicted octanol–water partition coefficient (Wildman–Crippen LogP) is 3.01. The summed E-state index contributed by atoms with van der Waals surface area (Å²) in [6, 6.07) is -0.165. The fourth-order valence-corrected chi connectivity index (χ4v) is 5.50. The van der Waals surface area contributed by atoms with Crippen molar-refractivity contribution in [2.45, 2.75) is 87.7 Å². The Morgan fingerprint density at radius 1 is 1.16 bits per heavy atom. The highest BCUT2D eigenvalue weighted by molar-refractivity contribution is 5.83. The molecule has 4 aliphatic rings. The Hall–Kier alpha value is -1.61. The van der Waals surface area contributed by atoms with Gasteiger partial charge in [-0.3, -0.25) is 4.79 Å². The molecule has 0 radical (unpaired) electrons. The van der Waals surface area contributed by atoms with Crippen molar-refractivity contribution < 1.29 is 22.8 Å². The molecule has 1 saturated carbocycles. The van der Waals surface area contributed by atoms with E-state index in [0.717, 1.165) is 32.4 Å². The molecule has 3 saturated heterocycles. The molecule has 0 unspecified atom stereocenters. The van der Waals surface area contributed by atoms with E-state index in [2.05, 4.69) is 29.3 Å². The van der Waals surface area contributed by atoms with E-state index in [1.807, 2.05) is 4.90 Å². The Labute approximate surface area is 181 Å². The van der Waals surface area contributed by atoms with Gasteiger partial charge in [-0.15, -0.1) is 0 Å². The average Bonchev–Trinajstić information content (AvgIpc) is 3.16. The van der Waals surface area contributed by atoms with Crippen molar-refractivity contribution in [2.24, 2.45) is 5.92 Å². The maximum atomic E-state index is 13.5. The lowest BCUT2D eigenvalue weighted by molar-refractivity contribution is -0.167. The molecule has 4 fully saturated rings. The molecule has 4 heterocycles. The molecule has 1 aromatic rings. The first-order valence-electron chi connectivity index (χ1n) is 11.6. The van der Waals surface area contributed by atoms with E-state index in [1.165, 1.54) is 0 Å². The van der Waals surface area contributed by atoms with Crippen molar-refractivity contribution in [3.8, 4) is 0 Å². The standard InChI is InChI=1S/C22H32F2N4O3/c1-14(2)21(19-26-17(27-31-19)15-3-7-22(23,24)8-4-15)12-28(13-21)18(29)16-5-6-20(11-25-16)9-10-30-20/h14-16,25H,3-13H2,1-2H3/t16-,20+/m0/s1. The van der Waals surface area contributed by atoms with Crippen molar-refractivity contribution in [1.82, 2.24) is 20.4 Å². The Morgan fingerprint density at radius 2 is 1.87 bits per heavy atom. The van der Waals surface area contributed by atoms with Crippen LogP contribution in [0.2, 0.25) is 0 Å². The van der Waals surface area contributed by atoms with E-state index in [-0.39, 0.29) is 47.6 Å². The number of likely N-dealkylation sites (tertiary alicyclic amines) is 1. The molecule has 3 aliphatic heterocycles. The predicted molar refractivity (Wildman–Crippen MR) is 108 cm³/mol. The monoisotopic (exact) mass is 438 g/mol. The molecule has 5 rings (SSSR count). The number of carbonyl (C=O) groups is 1. The molecule has 1 N–H and O–H groups in total. The van der Waals surface area contributed by atoms with Crippen LogP contribution in [-0.4, -0.2) is 64.8 Å². The van der Waals surface area contributed by atoms with E-state index < -0.39 is 5.92 Å². The highest BCUT2D eigenvalue weighted by Crippen LogP contribution is 2.44. The summed E-state index contributed by atoms with van der Waals surface area (Å²) >= 11 is 0. The van der Waals surface area contributed by atoms with Gasteiger partial charge in [0, 0.05) is 44.8 Å². The number of halogens is 2. The number of hydrogen-bond donors (Lipinski definition) is 1. The van der Waals surface area contributed by atoms with Crippen molar-refractivity contribution >= 4 is 5.91 Å². The van der Waals surface area contributed by atoms with E-state index in [4.69, 9.17) is 9.26 Å². The number of amides is 1. The summed E-state index contributed by atoms with van der Waals surface area (Å²) in [5.41, 5.74) is -0.414. The summed E-state index contributed by atoms with van der Waals surface area (Å²) in [5, 5.41) is 7.53. The minimum atomic E-state index is -2.57. The highest BCUT2D eigenvalue weighted by Gasteiger charge is 2.54. The molecule has 1 aromatic heterocycles. The first-order valence-corrected chi connectivity index (χ1v) is 11.6. The normalized spacial score (nSPS) is 32.7. The van der Waals surface area contributed by atoms with Crippen LogP contribution >= 0.6 is 0 Å². The number of carbonyl (C=O) groups excluding carboxylic acids is 1. The van der Waals surface area contributed by atoms with Gasteiger partial charge < -0.3 is 19.5 Å². The highest BCUT2D eigenvalue weighted by atomic mass is 19.3. The molecular formula is C22H32F2N4O3. The Balaban J connectivity index is 1.22. The minimum Gasteiger partial charge on any atom is -0.373 e. The molecule has 172 valence electrons. The van der Waals surface area contributed by atoms with E-state index in [1.54, 1.807) is 0 Å². The number of aromatic nitrogens is 2. The Bertz CT molecular complexity index is 812. The van der Waals surface area contributed by atoms with Gasteiger partial charge in [0.15, 0.2) is 5.82 Å². The topological polar surface area (TPSA) is 80.5 Å². The lowest BCUT2D eigenvalue weighted by Gasteiger charge is -2.52. The molecule has 1 amide bonds. The summed E-state index contributed by atoms with van der Waals surface area (Å²) in [5.74, 6) is -1.24. The second kappa shape index (κ2) is 7.47. The van der Waals surface area contributed by atoms with Crippen molar-refractivity contribution in [1.29, 1.82) is 0 Å². The second-order valence-electron chi connectivity index (χ2n) is 10.3. The van der Waals surface area contributed by atoms with Crippen molar-refractivity contribution in [3.63, 3.8) is 0 Å². The zero-order chi connectivity index (χ0) is 21.9. The minimum absolute atomic E-state index is 0.0450. The van der Waals surface area contributed by atoms with Crippen LogP contribution in [0.3, 0.4) is 0 Å². The smallest absolute Gasteiger partial charge is 0.248 e. The van der Waals surface area contributed by atoms with Gasteiger partial charge in [-0.05, 0) is 31.6 Å². The number of nitrogens with zero attached hydrogens (tertiary/aromatic N) is 3. The van der Waals surface area contributed by atoms with Crippen LogP contribution in [0.4, 0.5) is 8.78 Å². The molecule has 0 aromatic carbocycles. The van der Waals surface area contributed by atoms with Crippen LogP contribution in [0.1, 0.15) is 76.4 Å². The van der Waals surface area contributed by atoms with Gasteiger partial charge in [0.25, 0.3) is 0 Å². The molecule has 9 heteroatoms. The maximum absolute atomic E-state index is 13.5. The molecule has 1 aliphatic carbocycles. The van der Waals surface area contributed by atoms with Crippen molar-refractivity contribution in [2.75, 3.05) is 26.2 Å². The lowest BCUT2D eigenvalue weighted by atomic mass is 9.70. The fraction of sp³-hybridized carbons (Fsp3) is 0.864. The zero-order valence-corrected chi connectivity index (χ0v) is 18.3.